The van der Waals surface area contributed by atoms with Crippen LogP contribution in [0.3, 0.4) is 0 Å². The SMILES string of the molecule is CSc1ccc(C(N)=O)cc1F. The Labute approximate surface area is 74.0 Å². The minimum Gasteiger partial charge on any atom is -0.366 e. The molecule has 1 aromatic rings. The summed E-state index contributed by atoms with van der Waals surface area (Å²) >= 11 is 1.29. The van der Waals surface area contributed by atoms with Crippen molar-refractivity contribution in [3.63, 3.8) is 0 Å². The molecule has 0 unspecified atom stereocenters. The molecule has 64 valence electrons. The normalized spacial score (nSPS) is 9.83. The van der Waals surface area contributed by atoms with Gasteiger partial charge in [0.05, 0.1) is 0 Å². The van der Waals surface area contributed by atoms with E-state index in [1.165, 1.54) is 17.8 Å². The number of rotatable bonds is 2. The third-order valence-electron chi connectivity index (χ3n) is 1.44. The number of benzene rings is 1. The molecule has 1 rings (SSSR count). The average molecular weight is 185 g/mol. The van der Waals surface area contributed by atoms with Gasteiger partial charge < -0.3 is 5.73 Å². The Morgan fingerprint density at radius 1 is 1.58 bits per heavy atom. The lowest BCUT2D eigenvalue weighted by molar-refractivity contribution is 0.0999. The molecule has 0 atom stereocenters. The predicted octanol–water partition coefficient (Wildman–Crippen LogP) is 1.65. The summed E-state index contributed by atoms with van der Waals surface area (Å²) in [5, 5.41) is 0. The largest absolute Gasteiger partial charge is 0.366 e. The molecule has 0 heterocycles. The maximum Gasteiger partial charge on any atom is 0.248 e. The number of nitrogens with two attached hydrogens (primary N) is 1. The number of amides is 1. The van der Waals surface area contributed by atoms with Gasteiger partial charge in [0.1, 0.15) is 5.82 Å². The number of thioether (sulfide) groups is 1. The van der Waals surface area contributed by atoms with Crippen LogP contribution in [0, 0.1) is 5.82 Å². The third-order valence-corrected chi connectivity index (χ3v) is 2.21. The van der Waals surface area contributed by atoms with Crippen molar-refractivity contribution >= 4 is 17.7 Å². The van der Waals surface area contributed by atoms with Gasteiger partial charge in [0, 0.05) is 10.5 Å². The van der Waals surface area contributed by atoms with Crippen LogP contribution >= 0.6 is 11.8 Å². The van der Waals surface area contributed by atoms with Crippen LogP contribution in [0.5, 0.6) is 0 Å². The van der Waals surface area contributed by atoms with E-state index in [0.717, 1.165) is 6.07 Å². The van der Waals surface area contributed by atoms with Crippen molar-refractivity contribution in [3.8, 4) is 0 Å². The highest BCUT2D eigenvalue weighted by Crippen LogP contribution is 2.19. The van der Waals surface area contributed by atoms with Gasteiger partial charge in [0.25, 0.3) is 0 Å². The lowest BCUT2D eigenvalue weighted by atomic mass is 10.2. The molecule has 2 N–H and O–H groups in total. The van der Waals surface area contributed by atoms with Gasteiger partial charge >= 0.3 is 0 Å². The zero-order chi connectivity index (χ0) is 9.14. The monoisotopic (exact) mass is 185 g/mol. The van der Waals surface area contributed by atoms with E-state index in [9.17, 15) is 9.18 Å². The maximum atomic E-state index is 13.0. The van der Waals surface area contributed by atoms with Gasteiger partial charge in [-0.1, -0.05) is 0 Å². The second-order valence-electron chi connectivity index (χ2n) is 2.21. The number of halogens is 1. The fourth-order valence-electron chi connectivity index (χ4n) is 0.820. The standard InChI is InChI=1S/C8H8FNOS/c1-12-7-3-2-5(8(10)11)4-6(7)9/h2-4H,1H3,(H2,10,11). The molecule has 12 heavy (non-hydrogen) atoms. The van der Waals surface area contributed by atoms with Crippen molar-refractivity contribution in [2.45, 2.75) is 4.90 Å². The first-order chi connectivity index (χ1) is 5.65. The van der Waals surface area contributed by atoms with Crippen molar-refractivity contribution in [2.75, 3.05) is 6.26 Å². The molecule has 0 saturated heterocycles. The molecular formula is C8H8FNOS. The molecule has 0 spiro atoms. The van der Waals surface area contributed by atoms with Crippen LogP contribution in [-0.4, -0.2) is 12.2 Å². The maximum absolute atomic E-state index is 13.0. The molecule has 0 aliphatic carbocycles. The van der Waals surface area contributed by atoms with Crippen LogP contribution in [-0.2, 0) is 0 Å². The molecule has 2 nitrogen and oxygen atoms in total. The number of hydrogen-bond acceptors (Lipinski definition) is 2. The van der Waals surface area contributed by atoms with E-state index in [-0.39, 0.29) is 5.56 Å². The second kappa shape index (κ2) is 3.58. The van der Waals surface area contributed by atoms with Crippen molar-refractivity contribution in [2.24, 2.45) is 5.73 Å². The van der Waals surface area contributed by atoms with Crippen molar-refractivity contribution < 1.29 is 9.18 Å². The Balaban J connectivity index is 3.10. The Kier molecular flexibility index (Phi) is 2.70. The summed E-state index contributed by atoms with van der Waals surface area (Å²) in [6, 6.07) is 4.20. The van der Waals surface area contributed by atoms with E-state index < -0.39 is 11.7 Å². The number of hydrogen-bond donors (Lipinski definition) is 1. The lowest BCUT2D eigenvalue weighted by Crippen LogP contribution is -2.10. The van der Waals surface area contributed by atoms with E-state index in [0.29, 0.717) is 4.90 Å². The molecule has 0 radical (unpaired) electrons. The van der Waals surface area contributed by atoms with Gasteiger partial charge in [-0.05, 0) is 24.5 Å². The zero-order valence-electron chi connectivity index (χ0n) is 6.50. The minimum atomic E-state index is -0.610. The summed E-state index contributed by atoms with van der Waals surface area (Å²) in [5.74, 6) is -1.01. The van der Waals surface area contributed by atoms with Crippen LogP contribution in [0.4, 0.5) is 4.39 Å². The summed E-state index contributed by atoms with van der Waals surface area (Å²) in [6.07, 6.45) is 1.77. The fourth-order valence-corrected chi connectivity index (χ4v) is 1.28. The molecular weight excluding hydrogens is 177 g/mol. The smallest absolute Gasteiger partial charge is 0.248 e. The van der Waals surface area contributed by atoms with Gasteiger partial charge in [0.15, 0.2) is 0 Å². The van der Waals surface area contributed by atoms with Crippen LogP contribution < -0.4 is 5.73 Å². The first-order valence-corrected chi connectivity index (χ1v) is 4.51. The van der Waals surface area contributed by atoms with Crippen molar-refractivity contribution in [1.82, 2.24) is 0 Å². The predicted molar refractivity (Wildman–Crippen MR) is 46.7 cm³/mol. The Bertz CT molecular complexity index is 314. The van der Waals surface area contributed by atoms with Gasteiger partial charge in [0.2, 0.25) is 5.91 Å². The zero-order valence-corrected chi connectivity index (χ0v) is 7.32. The van der Waals surface area contributed by atoms with Gasteiger partial charge in [-0.15, -0.1) is 11.8 Å². The molecule has 0 saturated carbocycles. The number of carbonyl (C=O) groups is 1. The molecule has 1 aromatic carbocycles. The van der Waals surface area contributed by atoms with Gasteiger partial charge in [-0.25, -0.2) is 4.39 Å². The molecule has 0 aromatic heterocycles. The Morgan fingerprint density at radius 2 is 2.25 bits per heavy atom. The van der Waals surface area contributed by atoms with E-state index in [1.807, 2.05) is 0 Å². The highest BCUT2D eigenvalue weighted by Gasteiger charge is 2.05. The number of carbonyl (C=O) groups excluding carboxylic acids is 1. The van der Waals surface area contributed by atoms with Crippen molar-refractivity contribution in [3.05, 3.63) is 29.6 Å². The number of primary amides is 1. The first-order valence-electron chi connectivity index (χ1n) is 3.28. The van der Waals surface area contributed by atoms with Gasteiger partial charge in [-0.2, -0.15) is 0 Å². The quantitative estimate of drug-likeness (QED) is 0.712. The third kappa shape index (κ3) is 1.76. The average Bonchev–Trinajstić information content (AvgIpc) is 2.04. The Morgan fingerprint density at radius 3 is 2.67 bits per heavy atom. The molecule has 0 fully saturated rings. The topological polar surface area (TPSA) is 43.1 Å². The second-order valence-corrected chi connectivity index (χ2v) is 3.06. The van der Waals surface area contributed by atoms with E-state index >= 15 is 0 Å². The van der Waals surface area contributed by atoms with Crippen LogP contribution in [0.2, 0.25) is 0 Å². The summed E-state index contributed by atoms with van der Waals surface area (Å²) in [4.78, 5) is 11.1. The summed E-state index contributed by atoms with van der Waals surface area (Å²) in [5.41, 5.74) is 5.16. The van der Waals surface area contributed by atoms with Crippen LogP contribution in [0.25, 0.3) is 0 Å². The van der Waals surface area contributed by atoms with E-state index in [2.05, 4.69) is 0 Å². The van der Waals surface area contributed by atoms with Crippen molar-refractivity contribution in [1.29, 1.82) is 0 Å². The molecule has 1 amide bonds. The first kappa shape index (κ1) is 9.06. The summed E-state index contributed by atoms with van der Waals surface area (Å²) in [7, 11) is 0. The Hall–Kier alpha value is -1.03. The van der Waals surface area contributed by atoms with Gasteiger partial charge in [-0.3, -0.25) is 4.79 Å². The molecule has 0 aliphatic heterocycles. The molecule has 0 bridgehead atoms. The summed E-state index contributed by atoms with van der Waals surface area (Å²) < 4.78 is 13.0. The van der Waals surface area contributed by atoms with E-state index in [4.69, 9.17) is 5.73 Å². The molecule has 0 aliphatic rings. The molecule has 4 heteroatoms. The van der Waals surface area contributed by atoms with E-state index in [1.54, 1.807) is 12.3 Å². The fraction of sp³-hybridized carbons (Fsp3) is 0.125. The van der Waals surface area contributed by atoms with Crippen LogP contribution in [0.1, 0.15) is 10.4 Å². The highest BCUT2D eigenvalue weighted by atomic mass is 32.2. The minimum absolute atomic E-state index is 0.199. The lowest BCUT2D eigenvalue weighted by Gasteiger charge is -1.99. The summed E-state index contributed by atoms with van der Waals surface area (Å²) in [6.45, 7) is 0. The highest BCUT2D eigenvalue weighted by molar-refractivity contribution is 7.98. The van der Waals surface area contributed by atoms with Crippen LogP contribution in [0.15, 0.2) is 23.1 Å².